The van der Waals surface area contributed by atoms with Crippen molar-refractivity contribution in [2.45, 2.75) is 13.0 Å². The van der Waals surface area contributed by atoms with Gasteiger partial charge in [0.25, 0.3) is 5.91 Å². The molecule has 0 saturated carbocycles. The first kappa shape index (κ1) is 18.1. The molecule has 1 atom stereocenters. The largest absolute Gasteiger partial charge is 0.507 e. The first-order valence-electron chi connectivity index (χ1n) is 7.07. The van der Waals surface area contributed by atoms with E-state index in [2.05, 4.69) is 5.32 Å². The van der Waals surface area contributed by atoms with Crippen LogP contribution in [-0.2, 0) is 9.53 Å². The van der Waals surface area contributed by atoms with Gasteiger partial charge < -0.3 is 15.2 Å². The topological polar surface area (TPSA) is 75.6 Å². The molecule has 126 valence electrons. The second-order valence-corrected chi connectivity index (χ2v) is 5.95. The summed E-state index contributed by atoms with van der Waals surface area (Å²) in [5.74, 6) is -1.56. The number of halogens is 2. The number of carbonyl (C=O) groups excluding carboxylic acids is 2. The minimum Gasteiger partial charge on any atom is -0.507 e. The van der Waals surface area contributed by atoms with E-state index in [1.807, 2.05) is 0 Å². The predicted octanol–water partition coefficient (Wildman–Crippen LogP) is 3.73. The third-order valence-corrected chi connectivity index (χ3v) is 3.75. The van der Waals surface area contributed by atoms with Crippen LogP contribution in [0.5, 0.6) is 5.75 Å². The zero-order valence-electron chi connectivity index (χ0n) is 12.8. The van der Waals surface area contributed by atoms with Gasteiger partial charge in [-0.2, -0.15) is 0 Å². The van der Waals surface area contributed by atoms with Gasteiger partial charge in [-0.3, -0.25) is 4.79 Å². The molecule has 0 radical (unpaired) electrons. The molecule has 0 aliphatic heterocycles. The number of amides is 1. The summed E-state index contributed by atoms with van der Waals surface area (Å²) in [6.07, 6.45) is 0. The Morgan fingerprint density at radius 1 is 1.12 bits per heavy atom. The SMILES string of the molecule is C[C@@H](NC(=O)COC(=O)c1cc(Cl)ccc1O)c1ccc(Cl)cc1. The lowest BCUT2D eigenvalue weighted by Gasteiger charge is -2.14. The second-order valence-electron chi connectivity index (χ2n) is 5.08. The van der Waals surface area contributed by atoms with E-state index in [0.717, 1.165) is 5.56 Å². The molecule has 0 fully saturated rings. The summed E-state index contributed by atoms with van der Waals surface area (Å²) < 4.78 is 4.89. The number of nitrogens with one attached hydrogen (secondary N) is 1. The van der Waals surface area contributed by atoms with Gasteiger partial charge in [0.1, 0.15) is 11.3 Å². The van der Waals surface area contributed by atoms with E-state index in [0.29, 0.717) is 5.02 Å². The average Bonchev–Trinajstić information content (AvgIpc) is 2.55. The normalized spacial score (nSPS) is 11.6. The van der Waals surface area contributed by atoms with Crippen molar-refractivity contribution in [3.05, 3.63) is 63.6 Å². The summed E-state index contributed by atoms with van der Waals surface area (Å²) in [6, 6.07) is 10.8. The van der Waals surface area contributed by atoms with Crippen LogP contribution in [0.25, 0.3) is 0 Å². The van der Waals surface area contributed by atoms with Crippen LogP contribution < -0.4 is 5.32 Å². The van der Waals surface area contributed by atoms with E-state index >= 15 is 0 Å². The monoisotopic (exact) mass is 367 g/mol. The molecular weight excluding hydrogens is 353 g/mol. The molecule has 0 saturated heterocycles. The lowest BCUT2D eigenvalue weighted by molar-refractivity contribution is -0.124. The van der Waals surface area contributed by atoms with Crippen LogP contribution in [0.1, 0.15) is 28.9 Å². The van der Waals surface area contributed by atoms with Crippen molar-refractivity contribution in [1.29, 1.82) is 0 Å². The zero-order valence-corrected chi connectivity index (χ0v) is 14.3. The van der Waals surface area contributed by atoms with Crippen molar-refractivity contribution in [3.8, 4) is 5.75 Å². The number of esters is 1. The van der Waals surface area contributed by atoms with Crippen LogP contribution in [0.2, 0.25) is 10.0 Å². The van der Waals surface area contributed by atoms with E-state index in [9.17, 15) is 14.7 Å². The summed E-state index contributed by atoms with van der Waals surface area (Å²) in [5.41, 5.74) is 0.771. The summed E-state index contributed by atoms with van der Waals surface area (Å²) in [5, 5.41) is 13.2. The van der Waals surface area contributed by atoms with E-state index < -0.39 is 18.5 Å². The van der Waals surface area contributed by atoms with Crippen LogP contribution in [-0.4, -0.2) is 23.6 Å². The fourth-order valence-electron chi connectivity index (χ4n) is 2.00. The van der Waals surface area contributed by atoms with Gasteiger partial charge in [-0.25, -0.2) is 4.79 Å². The van der Waals surface area contributed by atoms with Crippen molar-refractivity contribution in [2.24, 2.45) is 0 Å². The van der Waals surface area contributed by atoms with Crippen molar-refractivity contribution in [1.82, 2.24) is 5.32 Å². The highest BCUT2D eigenvalue weighted by Gasteiger charge is 2.16. The number of aromatic hydroxyl groups is 1. The minimum absolute atomic E-state index is 0.0963. The molecule has 0 heterocycles. The maximum atomic E-state index is 11.9. The predicted molar refractivity (Wildman–Crippen MR) is 91.4 cm³/mol. The van der Waals surface area contributed by atoms with Crippen LogP contribution in [0, 0.1) is 0 Å². The van der Waals surface area contributed by atoms with Crippen molar-refractivity contribution in [3.63, 3.8) is 0 Å². The highest BCUT2D eigenvalue weighted by atomic mass is 35.5. The number of ether oxygens (including phenoxy) is 1. The third-order valence-electron chi connectivity index (χ3n) is 3.26. The van der Waals surface area contributed by atoms with Crippen molar-refractivity contribution >= 4 is 35.1 Å². The fourth-order valence-corrected chi connectivity index (χ4v) is 2.30. The van der Waals surface area contributed by atoms with Crippen molar-refractivity contribution in [2.75, 3.05) is 6.61 Å². The molecule has 0 aliphatic carbocycles. The third kappa shape index (κ3) is 4.88. The van der Waals surface area contributed by atoms with Crippen LogP contribution in [0.15, 0.2) is 42.5 Å². The Balaban J connectivity index is 1.89. The Morgan fingerprint density at radius 2 is 1.75 bits per heavy atom. The molecule has 2 N–H and O–H groups in total. The van der Waals surface area contributed by atoms with E-state index in [4.69, 9.17) is 27.9 Å². The first-order valence-corrected chi connectivity index (χ1v) is 7.83. The van der Waals surface area contributed by atoms with Crippen LogP contribution in [0.4, 0.5) is 0 Å². The highest BCUT2D eigenvalue weighted by molar-refractivity contribution is 6.31. The molecule has 0 aromatic heterocycles. The van der Waals surface area contributed by atoms with Crippen molar-refractivity contribution < 1.29 is 19.4 Å². The van der Waals surface area contributed by atoms with Gasteiger partial charge in [-0.1, -0.05) is 35.3 Å². The van der Waals surface area contributed by atoms with Gasteiger partial charge >= 0.3 is 5.97 Å². The molecule has 7 heteroatoms. The number of carbonyl (C=O) groups is 2. The summed E-state index contributed by atoms with van der Waals surface area (Å²) in [6.45, 7) is 1.33. The molecule has 0 spiro atoms. The molecule has 5 nitrogen and oxygen atoms in total. The molecule has 0 aliphatic rings. The van der Waals surface area contributed by atoms with E-state index in [1.165, 1.54) is 18.2 Å². The molecule has 2 aromatic carbocycles. The Labute approximate surface area is 149 Å². The lowest BCUT2D eigenvalue weighted by atomic mass is 10.1. The second kappa shape index (κ2) is 8.04. The molecular formula is C17H15Cl2NO4. The summed E-state index contributed by atoms with van der Waals surface area (Å²) in [7, 11) is 0. The number of rotatable bonds is 5. The number of phenolic OH excluding ortho intramolecular Hbond substituents is 1. The summed E-state index contributed by atoms with van der Waals surface area (Å²) in [4.78, 5) is 23.8. The van der Waals surface area contributed by atoms with E-state index in [1.54, 1.807) is 31.2 Å². The highest BCUT2D eigenvalue weighted by Crippen LogP contribution is 2.22. The Bertz CT molecular complexity index is 747. The number of benzene rings is 2. The standard InChI is InChI=1S/C17H15Cl2NO4/c1-10(11-2-4-12(18)5-3-11)20-16(22)9-24-17(23)14-8-13(19)6-7-15(14)21/h2-8,10,21H,9H2,1H3,(H,20,22)/t10-/m1/s1. The quantitative estimate of drug-likeness (QED) is 0.789. The Morgan fingerprint density at radius 3 is 2.42 bits per heavy atom. The van der Waals surface area contributed by atoms with Gasteiger partial charge in [-0.05, 0) is 42.8 Å². The minimum atomic E-state index is -0.829. The Hall–Kier alpha value is -2.24. The maximum Gasteiger partial charge on any atom is 0.342 e. The molecule has 2 aromatic rings. The smallest absolute Gasteiger partial charge is 0.342 e. The van der Waals surface area contributed by atoms with Gasteiger partial charge in [0.05, 0.1) is 6.04 Å². The average molecular weight is 368 g/mol. The fraction of sp³-hybridized carbons (Fsp3) is 0.176. The maximum absolute atomic E-state index is 11.9. The van der Waals surface area contributed by atoms with Gasteiger partial charge in [0, 0.05) is 10.0 Å². The van der Waals surface area contributed by atoms with E-state index in [-0.39, 0.29) is 22.4 Å². The van der Waals surface area contributed by atoms with Gasteiger partial charge in [0.2, 0.25) is 0 Å². The lowest BCUT2D eigenvalue weighted by Crippen LogP contribution is -2.31. The number of hydrogen-bond donors (Lipinski definition) is 2. The number of phenols is 1. The van der Waals surface area contributed by atoms with Crippen LogP contribution in [0.3, 0.4) is 0 Å². The molecule has 0 unspecified atom stereocenters. The molecule has 0 bridgehead atoms. The zero-order chi connectivity index (χ0) is 17.7. The molecule has 24 heavy (non-hydrogen) atoms. The molecule has 2 rings (SSSR count). The number of hydrogen-bond acceptors (Lipinski definition) is 4. The van der Waals surface area contributed by atoms with Gasteiger partial charge in [0.15, 0.2) is 6.61 Å². The van der Waals surface area contributed by atoms with Crippen LogP contribution >= 0.6 is 23.2 Å². The summed E-state index contributed by atoms with van der Waals surface area (Å²) >= 11 is 11.6. The van der Waals surface area contributed by atoms with Gasteiger partial charge in [-0.15, -0.1) is 0 Å². The Kier molecular flexibility index (Phi) is 6.06. The first-order chi connectivity index (χ1) is 11.4. The molecule has 1 amide bonds.